The molecule has 0 aliphatic rings. The highest BCUT2D eigenvalue weighted by Crippen LogP contribution is 2.37. The summed E-state index contributed by atoms with van der Waals surface area (Å²) in [4.78, 5) is 22.9. The van der Waals surface area contributed by atoms with Crippen LogP contribution >= 0.6 is 27.5 Å². The van der Waals surface area contributed by atoms with Crippen LogP contribution < -0.4 is 14.9 Å². The van der Waals surface area contributed by atoms with Gasteiger partial charge in [0.15, 0.2) is 11.5 Å². The Bertz CT molecular complexity index is 1280. The first kappa shape index (κ1) is 26.2. The smallest absolute Gasteiger partial charge is 0.312 e. The third-order valence-electron chi connectivity index (χ3n) is 4.88. The number of halogens is 2. The van der Waals surface area contributed by atoms with Gasteiger partial charge in [-0.3, -0.25) is 19.6 Å². The zero-order valence-electron chi connectivity index (χ0n) is 19.2. The molecule has 0 unspecified atom stereocenters. The summed E-state index contributed by atoms with van der Waals surface area (Å²) in [6, 6.07) is 10.9. The average molecular weight is 565 g/mol. The van der Waals surface area contributed by atoms with Crippen LogP contribution in [0.25, 0.3) is 0 Å². The van der Waals surface area contributed by atoms with Crippen LogP contribution in [0.2, 0.25) is 5.02 Å². The van der Waals surface area contributed by atoms with E-state index in [9.17, 15) is 14.9 Å². The summed E-state index contributed by atoms with van der Waals surface area (Å²) in [6.07, 6.45) is 1.45. The lowest BCUT2D eigenvalue weighted by atomic mass is 10.2. The normalized spacial score (nSPS) is 11.0. The van der Waals surface area contributed by atoms with Crippen molar-refractivity contribution in [3.05, 3.63) is 78.5 Å². The zero-order valence-corrected chi connectivity index (χ0v) is 21.6. The molecule has 3 aromatic rings. The largest absolute Gasteiger partial charge is 0.490 e. The Kier molecular flexibility index (Phi) is 8.83. The van der Waals surface area contributed by atoms with Crippen molar-refractivity contribution in [3.8, 4) is 11.5 Å². The maximum absolute atomic E-state index is 12.3. The van der Waals surface area contributed by atoms with E-state index in [2.05, 4.69) is 31.6 Å². The fourth-order valence-electron chi connectivity index (χ4n) is 3.29. The van der Waals surface area contributed by atoms with Crippen molar-refractivity contribution in [1.82, 2.24) is 15.2 Å². The Morgan fingerprint density at radius 3 is 2.71 bits per heavy atom. The van der Waals surface area contributed by atoms with Crippen molar-refractivity contribution in [1.29, 1.82) is 0 Å². The molecule has 12 heteroatoms. The highest BCUT2D eigenvalue weighted by Gasteiger charge is 2.22. The van der Waals surface area contributed by atoms with Crippen molar-refractivity contribution in [2.75, 3.05) is 6.61 Å². The highest BCUT2D eigenvalue weighted by molar-refractivity contribution is 9.10. The molecule has 0 radical (unpaired) electrons. The molecule has 2 aromatic carbocycles. The van der Waals surface area contributed by atoms with Gasteiger partial charge in [0.25, 0.3) is 5.91 Å². The Balaban J connectivity index is 1.69. The summed E-state index contributed by atoms with van der Waals surface area (Å²) in [6.45, 7) is 5.38. The van der Waals surface area contributed by atoms with Gasteiger partial charge in [0.05, 0.1) is 22.2 Å². The van der Waals surface area contributed by atoms with Gasteiger partial charge in [-0.25, -0.2) is 5.43 Å². The highest BCUT2D eigenvalue weighted by atomic mass is 79.9. The lowest BCUT2D eigenvalue weighted by Crippen LogP contribution is -2.24. The molecule has 184 valence electrons. The van der Waals surface area contributed by atoms with Gasteiger partial charge in [-0.1, -0.05) is 29.8 Å². The average Bonchev–Trinajstić information content (AvgIpc) is 3.07. The van der Waals surface area contributed by atoms with Gasteiger partial charge in [0.1, 0.15) is 24.5 Å². The van der Waals surface area contributed by atoms with E-state index in [-0.39, 0.29) is 24.5 Å². The predicted molar refractivity (Wildman–Crippen MR) is 135 cm³/mol. The first-order valence-corrected chi connectivity index (χ1v) is 11.7. The number of nitro groups is 1. The lowest BCUT2D eigenvalue weighted by Gasteiger charge is -2.15. The van der Waals surface area contributed by atoms with E-state index in [1.165, 1.54) is 24.7 Å². The van der Waals surface area contributed by atoms with Crippen LogP contribution in [0.1, 0.15) is 29.4 Å². The second kappa shape index (κ2) is 11.8. The van der Waals surface area contributed by atoms with E-state index in [0.717, 1.165) is 5.56 Å². The van der Waals surface area contributed by atoms with Gasteiger partial charge >= 0.3 is 5.69 Å². The predicted octanol–water partition coefficient (Wildman–Crippen LogP) is 4.95. The molecule has 0 saturated heterocycles. The van der Waals surface area contributed by atoms with Crippen LogP contribution in [0.15, 0.2) is 46.0 Å². The number of hydrazone groups is 1. The Morgan fingerprint density at radius 2 is 2.06 bits per heavy atom. The number of amides is 1. The number of ether oxygens (including phenoxy) is 2. The monoisotopic (exact) mass is 563 g/mol. The Morgan fingerprint density at radius 1 is 1.31 bits per heavy atom. The number of nitrogens with one attached hydrogen (secondary N) is 1. The minimum Gasteiger partial charge on any atom is -0.490 e. The van der Waals surface area contributed by atoms with Crippen LogP contribution in [-0.4, -0.2) is 33.4 Å². The summed E-state index contributed by atoms with van der Waals surface area (Å²) in [5.41, 5.74) is 4.32. The molecule has 0 fully saturated rings. The third-order valence-corrected chi connectivity index (χ3v) is 5.84. The quantitative estimate of drug-likeness (QED) is 0.211. The molecular formula is C23H23BrClN5O5. The molecular weight excluding hydrogens is 542 g/mol. The molecule has 1 N–H and O–H groups in total. The van der Waals surface area contributed by atoms with Gasteiger partial charge < -0.3 is 9.47 Å². The lowest BCUT2D eigenvalue weighted by molar-refractivity contribution is -0.386. The summed E-state index contributed by atoms with van der Waals surface area (Å²) in [7, 11) is 0. The summed E-state index contributed by atoms with van der Waals surface area (Å²) in [5, 5.41) is 19.8. The van der Waals surface area contributed by atoms with Crippen LogP contribution in [0, 0.1) is 24.0 Å². The van der Waals surface area contributed by atoms with Gasteiger partial charge in [-0.15, -0.1) is 0 Å². The molecule has 0 spiro atoms. The molecule has 0 atom stereocenters. The van der Waals surface area contributed by atoms with E-state index in [0.29, 0.717) is 38.9 Å². The second-order valence-electron chi connectivity index (χ2n) is 7.37. The fraction of sp³-hybridized carbons (Fsp3) is 0.261. The van der Waals surface area contributed by atoms with Gasteiger partial charge in [0.2, 0.25) is 0 Å². The van der Waals surface area contributed by atoms with E-state index < -0.39 is 10.8 Å². The fourth-order valence-corrected chi connectivity index (χ4v) is 4.05. The number of aromatic nitrogens is 2. The number of rotatable bonds is 10. The number of hydrogen-bond acceptors (Lipinski definition) is 7. The molecule has 0 bridgehead atoms. The van der Waals surface area contributed by atoms with E-state index in [1.54, 1.807) is 18.2 Å². The molecule has 1 amide bonds. The van der Waals surface area contributed by atoms with Crippen LogP contribution in [-0.2, 0) is 17.9 Å². The minimum absolute atomic E-state index is 0.105. The second-order valence-corrected chi connectivity index (χ2v) is 8.63. The van der Waals surface area contributed by atoms with Crippen molar-refractivity contribution < 1.29 is 19.2 Å². The maximum atomic E-state index is 12.3. The van der Waals surface area contributed by atoms with E-state index >= 15 is 0 Å². The van der Waals surface area contributed by atoms with Crippen LogP contribution in [0.5, 0.6) is 11.5 Å². The number of benzene rings is 2. The molecule has 1 aromatic heterocycles. The molecule has 1 heterocycles. The van der Waals surface area contributed by atoms with Gasteiger partial charge in [0, 0.05) is 10.6 Å². The number of carbonyl (C=O) groups is 1. The summed E-state index contributed by atoms with van der Waals surface area (Å²) >= 11 is 9.71. The molecule has 0 aliphatic carbocycles. The third kappa shape index (κ3) is 6.58. The van der Waals surface area contributed by atoms with Crippen LogP contribution in [0.3, 0.4) is 0 Å². The SMILES string of the molecule is CCOc1cc(/C=N/NC(=O)Cn2nc(C)c([N+](=O)[O-])c2C)cc(Br)c1OCc1ccccc1Cl. The van der Waals surface area contributed by atoms with Crippen molar-refractivity contribution in [3.63, 3.8) is 0 Å². The number of aryl methyl sites for hydroxylation is 1. The first-order valence-electron chi connectivity index (χ1n) is 10.5. The minimum atomic E-state index is -0.514. The topological polar surface area (TPSA) is 121 Å². The molecule has 0 saturated carbocycles. The summed E-state index contributed by atoms with van der Waals surface area (Å²) < 4.78 is 13.6. The van der Waals surface area contributed by atoms with Crippen molar-refractivity contribution >= 4 is 45.3 Å². The van der Waals surface area contributed by atoms with Crippen molar-refractivity contribution in [2.45, 2.75) is 33.9 Å². The number of nitrogens with zero attached hydrogens (tertiary/aromatic N) is 4. The molecule has 0 aliphatic heterocycles. The van der Waals surface area contributed by atoms with E-state index in [4.69, 9.17) is 21.1 Å². The van der Waals surface area contributed by atoms with Crippen molar-refractivity contribution in [2.24, 2.45) is 5.10 Å². The summed E-state index contributed by atoms with van der Waals surface area (Å²) in [5.74, 6) is 0.529. The molecule has 35 heavy (non-hydrogen) atoms. The van der Waals surface area contributed by atoms with Gasteiger partial charge in [-0.2, -0.15) is 10.2 Å². The first-order chi connectivity index (χ1) is 16.7. The number of carbonyl (C=O) groups excluding carboxylic acids is 1. The molecule has 3 rings (SSSR count). The number of hydrogen-bond donors (Lipinski definition) is 1. The molecule has 10 nitrogen and oxygen atoms in total. The maximum Gasteiger partial charge on any atom is 0.312 e. The standard InChI is InChI=1S/C23H23BrClN5O5/c1-4-34-20-10-16(9-18(24)23(20)35-13-17-7-5-6-8-19(17)25)11-26-27-21(31)12-29-15(3)22(30(32)33)14(2)28-29/h5-11H,4,12-13H2,1-3H3,(H,27,31)/b26-11+. The Labute approximate surface area is 215 Å². The van der Waals surface area contributed by atoms with Gasteiger partial charge in [-0.05, 0) is 60.5 Å². The van der Waals surface area contributed by atoms with E-state index in [1.807, 2.05) is 25.1 Å². The van der Waals surface area contributed by atoms with Crippen LogP contribution in [0.4, 0.5) is 5.69 Å². The zero-order chi connectivity index (χ0) is 25.5. The Hall–Kier alpha value is -3.44.